The van der Waals surface area contributed by atoms with E-state index in [0.29, 0.717) is 12.1 Å². The third kappa shape index (κ3) is 4.73. The summed E-state index contributed by atoms with van der Waals surface area (Å²) in [7, 11) is 0. The first kappa shape index (κ1) is 22.6. The van der Waals surface area contributed by atoms with Gasteiger partial charge in [-0.25, -0.2) is 9.59 Å². The van der Waals surface area contributed by atoms with Crippen molar-refractivity contribution in [3.05, 3.63) is 72.1 Å². The minimum absolute atomic E-state index is 0.0474. The molecule has 2 amide bonds. The maximum atomic E-state index is 12.4. The van der Waals surface area contributed by atoms with Crippen LogP contribution in [0.1, 0.15) is 23.5 Å². The second-order valence-electron chi connectivity index (χ2n) is 8.47. The predicted molar refractivity (Wildman–Crippen MR) is 125 cm³/mol. The van der Waals surface area contributed by atoms with Crippen molar-refractivity contribution in [3.63, 3.8) is 0 Å². The smallest absolute Gasteiger partial charge is 0.411 e. The van der Waals surface area contributed by atoms with E-state index >= 15 is 0 Å². The summed E-state index contributed by atoms with van der Waals surface area (Å²) in [6.07, 6.45) is 1.66. The molecule has 1 aliphatic heterocycles. The second-order valence-corrected chi connectivity index (χ2v) is 8.47. The van der Waals surface area contributed by atoms with E-state index in [1.807, 2.05) is 36.4 Å². The van der Waals surface area contributed by atoms with Gasteiger partial charge in [-0.1, -0.05) is 48.5 Å². The topological polar surface area (TPSA) is 132 Å². The lowest BCUT2D eigenvalue weighted by molar-refractivity contribution is -0.148. The molecule has 1 aliphatic carbocycles. The van der Waals surface area contributed by atoms with Gasteiger partial charge in [0.25, 0.3) is 0 Å². The highest BCUT2D eigenvalue weighted by Crippen LogP contribution is 2.44. The van der Waals surface area contributed by atoms with E-state index in [0.717, 1.165) is 22.3 Å². The lowest BCUT2D eigenvalue weighted by atomic mass is 9.98. The first-order valence-electron chi connectivity index (χ1n) is 11.3. The Morgan fingerprint density at radius 2 is 1.77 bits per heavy atom. The minimum atomic E-state index is -1.11. The van der Waals surface area contributed by atoms with Gasteiger partial charge in [0.1, 0.15) is 13.2 Å². The molecular formula is C25H24N4O6. The maximum absolute atomic E-state index is 12.4. The fraction of sp³-hybridized carbons (Fsp3) is 0.280. The van der Waals surface area contributed by atoms with Crippen LogP contribution in [-0.4, -0.2) is 58.2 Å². The molecule has 2 aliphatic rings. The van der Waals surface area contributed by atoms with Crippen molar-refractivity contribution in [2.24, 2.45) is 0 Å². The molecule has 1 fully saturated rings. The molecule has 2 aromatic carbocycles. The molecule has 10 heteroatoms. The number of hydrogen-bond acceptors (Lipinski definition) is 6. The molecule has 2 heterocycles. The number of aromatic nitrogens is 2. The van der Waals surface area contributed by atoms with Gasteiger partial charge in [0.2, 0.25) is 5.91 Å². The first-order valence-corrected chi connectivity index (χ1v) is 11.3. The molecule has 1 aromatic heterocycles. The highest BCUT2D eigenvalue weighted by Gasteiger charge is 2.35. The molecule has 0 bridgehead atoms. The molecule has 180 valence electrons. The summed E-state index contributed by atoms with van der Waals surface area (Å²) in [4.78, 5) is 35.9. The van der Waals surface area contributed by atoms with Gasteiger partial charge in [-0.15, -0.1) is 0 Å². The Hall–Kier alpha value is -4.18. The van der Waals surface area contributed by atoms with Crippen molar-refractivity contribution < 1.29 is 29.0 Å². The van der Waals surface area contributed by atoms with E-state index in [9.17, 15) is 14.4 Å². The lowest BCUT2D eigenvalue weighted by Gasteiger charge is -2.16. The van der Waals surface area contributed by atoms with E-state index < -0.39 is 30.1 Å². The Labute approximate surface area is 200 Å². The number of fused-ring (bicyclic) bond motifs is 3. The Morgan fingerprint density at radius 3 is 2.46 bits per heavy atom. The lowest BCUT2D eigenvalue weighted by Crippen LogP contribution is -2.45. The number of carboxylic acid groups (broad SMARTS) is 1. The van der Waals surface area contributed by atoms with Crippen LogP contribution in [0, 0.1) is 0 Å². The van der Waals surface area contributed by atoms with Crippen molar-refractivity contribution in [3.8, 4) is 11.1 Å². The van der Waals surface area contributed by atoms with E-state index in [1.165, 1.54) is 17.1 Å². The van der Waals surface area contributed by atoms with Crippen molar-refractivity contribution in [2.45, 2.75) is 31.0 Å². The number of nitrogens with one attached hydrogen (secondary N) is 2. The SMILES string of the molecule is O=C(Cn1cc(NC(=O)OCC2c3ccccc3-c3ccccc32)cn1)N[C@H]1CCO[C@H]1C(=O)O. The molecule has 2 atom stereocenters. The molecule has 0 spiro atoms. The van der Waals surface area contributed by atoms with Crippen LogP contribution in [0.3, 0.4) is 0 Å². The predicted octanol–water partition coefficient (Wildman–Crippen LogP) is 2.60. The Balaban J connectivity index is 1.15. The summed E-state index contributed by atoms with van der Waals surface area (Å²) < 4.78 is 12.0. The summed E-state index contributed by atoms with van der Waals surface area (Å²) in [5.74, 6) is -1.56. The maximum Gasteiger partial charge on any atom is 0.411 e. The molecule has 3 aromatic rings. The largest absolute Gasteiger partial charge is 0.479 e. The zero-order valence-corrected chi connectivity index (χ0v) is 18.7. The summed E-state index contributed by atoms with van der Waals surface area (Å²) in [5, 5.41) is 18.5. The summed E-state index contributed by atoms with van der Waals surface area (Å²) >= 11 is 0. The van der Waals surface area contributed by atoms with Gasteiger partial charge in [-0.05, 0) is 28.7 Å². The Kier molecular flexibility index (Phi) is 6.19. The van der Waals surface area contributed by atoms with Crippen LogP contribution >= 0.6 is 0 Å². The highest BCUT2D eigenvalue weighted by atomic mass is 16.5. The zero-order chi connectivity index (χ0) is 24.4. The number of aliphatic carboxylic acids is 1. The Bertz CT molecular complexity index is 1230. The van der Waals surface area contributed by atoms with E-state index in [4.69, 9.17) is 14.6 Å². The number of ether oxygens (including phenoxy) is 2. The number of nitrogens with zero attached hydrogens (tertiary/aromatic N) is 2. The van der Waals surface area contributed by atoms with Gasteiger partial charge < -0.3 is 19.9 Å². The molecule has 10 nitrogen and oxygen atoms in total. The number of carbonyl (C=O) groups excluding carboxylic acids is 2. The second kappa shape index (κ2) is 9.59. The van der Waals surface area contributed by atoms with E-state index in [-0.39, 0.29) is 25.7 Å². The van der Waals surface area contributed by atoms with Crippen molar-refractivity contribution in [2.75, 3.05) is 18.5 Å². The molecule has 5 rings (SSSR count). The van der Waals surface area contributed by atoms with Gasteiger partial charge in [0, 0.05) is 18.7 Å². The molecule has 0 saturated carbocycles. The zero-order valence-electron chi connectivity index (χ0n) is 18.7. The number of amides is 2. The number of carbonyl (C=O) groups is 3. The van der Waals surface area contributed by atoms with Crippen LogP contribution in [0.25, 0.3) is 11.1 Å². The number of rotatable bonds is 7. The number of benzene rings is 2. The standard InChI is InChI=1S/C25H24N4O6/c30-22(28-21-9-10-34-23(21)24(31)32)13-29-12-15(11-26-29)27-25(33)35-14-20-18-7-3-1-5-16(18)17-6-2-4-8-19(17)20/h1-8,11-12,20-21,23H,9-10,13-14H2,(H,27,33)(H,28,30)(H,31,32)/t21-,23+/m0/s1. The third-order valence-electron chi connectivity index (χ3n) is 6.21. The van der Waals surface area contributed by atoms with Crippen LogP contribution in [0.15, 0.2) is 60.9 Å². The van der Waals surface area contributed by atoms with Gasteiger partial charge in [0.05, 0.1) is 17.9 Å². The fourth-order valence-electron chi connectivity index (χ4n) is 4.65. The molecule has 3 N–H and O–H groups in total. The van der Waals surface area contributed by atoms with Crippen molar-refractivity contribution >= 4 is 23.7 Å². The first-order chi connectivity index (χ1) is 17.0. The van der Waals surface area contributed by atoms with Gasteiger partial charge >= 0.3 is 12.1 Å². The van der Waals surface area contributed by atoms with Crippen LogP contribution in [0.4, 0.5) is 10.5 Å². The molecule has 0 radical (unpaired) electrons. The Morgan fingerprint density at radius 1 is 1.09 bits per heavy atom. The number of hydrogen-bond donors (Lipinski definition) is 3. The molecule has 1 saturated heterocycles. The average molecular weight is 476 g/mol. The van der Waals surface area contributed by atoms with E-state index in [1.54, 1.807) is 0 Å². The van der Waals surface area contributed by atoms with Gasteiger partial charge in [-0.3, -0.25) is 14.8 Å². The minimum Gasteiger partial charge on any atom is -0.479 e. The van der Waals surface area contributed by atoms with Crippen LogP contribution in [-0.2, 0) is 25.6 Å². The number of anilines is 1. The number of carboxylic acids is 1. The van der Waals surface area contributed by atoms with E-state index in [2.05, 4.69) is 27.9 Å². The highest BCUT2D eigenvalue weighted by molar-refractivity contribution is 5.85. The monoisotopic (exact) mass is 476 g/mol. The third-order valence-corrected chi connectivity index (χ3v) is 6.21. The summed E-state index contributed by atoms with van der Waals surface area (Å²) in [6.45, 7) is 0.331. The van der Waals surface area contributed by atoms with Gasteiger partial charge in [0.15, 0.2) is 6.10 Å². The molecular weight excluding hydrogens is 452 g/mol. The quantitative estimate of drug-likeness (QED) is 0.478. The summed E-state index contributed by atoms with van der Waals surface area (Å²) in [5.41, 5.74) is 4.92. The van der Waals surface area contributed by atoms with Crippen LogP contribution < -0.4 is 10.6 Å². The van der Waals surface area contributed by atoms with Crippen LogP contribution in [0.2, 0.25) is 0 Å². The van der Waals surface area contributed by atoms with Crippen molar-refractivity contribution in [1.82, 2.24) is 15.1 Å². The fourth-order valence-corrected chi connectivity index (χ4v) is 4.65. The normalized spacial score (nSPS) is 18.5. The van der Waals surface area contributed by atoms with Crippen molar-refractivity contribution in [1.29, 1.82) is 0 Å². The van der Waals surface area contributed by atoms with Gasteiger partial charge in [-0.2, -0.15) is 5.10 Å². The molecule has 35 heavy (non-hydrogen) atoms. The average Bonchev–Trinajstić information content (AvgIpc) is 3.56. The van der Waals surface area contributed by atoms with Crippen LogP contribution in [0.5, 0.6) is 0 Å². The molecule has 0 unspecified atom stereocenters. The summed E-state index contributed by atoms with van der Waals surface area (Å²) in [6, 6.07) is 15.6.